The quantitative estimate of drug-likeness (QED) is 0.188. The number of allylic oxidation sites excluding steroid dienone is 2. The molecule has 0 N–H and O–H groups in total. The molecule has 8 nitrogen and oxygen atoms in total. The average Bonchev–Trinajstić information content (AvgIpc) is 2.79. The SMILES string of the molecule is CCCCCn1c(=NC(=O)/C=C/C=C/OC)c(C#N)cc2c(=O)n3cccc(C)c3nc21. The van der Waals surface area contributed by atoms with E-state index in [0.717, 1.165) is 24.8 Å². The number of rotatable bonds is 7. The van der Waals surface area contributed by atoms with E-state index in [2.05, 4.69) is 18.0 Å². The average molecular weight is 431 g/mol. The topological polar surface area (TPSA) is 102 Å². The number of ether oxygens (including phenoxy) is 1. The standard InChI is InChI=1S/C24H25N5O3/c1-4-5-7-12-28-22(26-20(30)11-6-8-14-32-3)18(16-25)15-19-23(28)27-21-17(2)10-9-13-29(21)24(19)31/h6,8-11,13-15H,4-5,7,12H2,1-3H3/b11-6+,14-8+,26-22?. The summed E-state index contributed by atoms with van der Waals surface area (Å²) in [5, 5.41) is 10.1. The van der Waals surface area contributed by atoms with Gasteiger partial charge >= 0.3 is 0 Å². The van der Waals surface area contributed by atoms with Crippen LogP contribution in [0.25, 0.3) is 16.7 Å². The number of hydrogen-bond acceptors (Lipinski definition) is 5. The second-order valence-electron chi connectivity index (χ2n) is 7.26. The first kappa shape index (κ1) is 22.7. The van der Waals surface area contributed by atoms with Gasteiger partial charge in [0.15, 0.2) is 5.49 Å². The second kappa shape index (κ2) is 10.4. The van der Waals surface area contributed by atoms with Crippen LogP contribution in [0.5, 0.6) is 0 Å². The molecule has 3 heterocycles. The number of carbonyl (C=O) groups is 1. The summed E-state index contributed by atoms with van der Waals surface area (Å²) in [6, 6.07) is 7.22. The van der Waals surface area contributed by atoms with E-state index in [9.17, 15) is 14.9 Å². The second-order valence-corrected chi connectivity index (χ2v) is 7.26. The number of hydrogen-bond donors (Lipinski definition) is 0. The van der Waals surface area contributed by atoms with Crippen LogP contribution >= 0.6 is 0 Å². The van der Waals surface area contributed by atoms with Crippen LogP contribution in [-0.2, 0) is 16.1 Å². The summed E-state index contributed by atoms with van der Waals surface area (Å²) in [6.45, 7) is 4.45. The van der Waals surface area contributed by atoms with E-state index in [1.54, 1.807) is 22.9 Å². The van der Waals surface area contributed by atoms with E-state index in [0.29, 0.717) is 23.2 Å². The molecule has 0 saturated heterocycles. The van der Waals surface area contributed by atoms with Crippen LogP contribution in [0.2, 0.25) is 0 Å². The molecule has 0 unspecified atom stereocenters. The molecule has 3 aromatic heterocycles. The molecule has 32 heavy (non-hydrogen) atoms. The van der Waals surface area contributed by atoms with E-state index in [1.165, 1.54) is 36.0 Å². The normalized spacial score (nSPS) is 12.2. The molecule has 0 bridgehead atoms. The molecule has 1 amide bonds. The number of carbonyl (C=O) groups excluding carboxylic acids is 1. The molecule has 0 saturated carbocycles. The van der Waals surface area contributed by atoms with Gasteiger partial charge in [0.2, 0.25) is 0 Å². The summed E-state index contributed by atoms with van der Waals surface area (Å²) in [4.78, 5) is 34.6. The van der Waals surface area contributed by atoms with Crippen LogP contribution in [0.3, 0.4) is 0 Å². The van der Waals surface area contributed by atoms with Crippen molar-refractivity contribution >= 4 is 22.6 Å². The highest BCUT2D eigenvalue weighted by Gasteiger charge is 2.15. The van der Waals surface area contributed by atoms with Gasteiger partial charge in [-0.15, -0.1) is 0 Å². The van der Waals surface area contributed by atoms with Crippen molar-refractivity contribution < 1.29 is 9.53 Å². The Morgan fingerprint density at radius 3 is 2.84 bits per heavy atom. The first-order chi connectivity index (χ1) is 15.5. The van der Waals surface area contributed by atoms with Crippen LogP contribution in [0.4, 0.5) is 0 Å². The van der Waals surface area contributed by atoms with Gasteiger partial charge in [0.05, 0.1) is 24.3 Å². The minimum absolute atomic E-state index is 0.148. The molecule has 3 rings (SSSR count). The third kappa shape index (κ3) is 4.67. The van der Waals surface area contributed by atoms with Crippen molar-refractivity contribution in [3.63, 3.8) is 0 Å². The zero-order valence-electron chi connectivity index (χ0n) is 18.4. The molecular formula is C24H25N5O3. The van der Waals surface area contributed by atoms with Crippen LogP contribution < -0.4 is 11.0 Å². The Morgan fingerprint density at radius 2 is 2.12 bits per heavy atom. The van der Waals surface area contributed by atoms with Gasteiger partial charge in [-0.05, 0) is 37.1 Å². The zero-order chi connectivity index (χ0) is 23.1. The Balaban J connectivity index is 2.35. The number of aryl methyl sites for hydroxylation is 2. The summed E-state index contributed by atoms with van der Waals surface area (Å²) in [5.41, 5.74) is 1.87. The molecule has 0 aromatic carbocycles. The van der Waals surface area contributed by atoms with E-state index in [-0.39, 0.29) is 16.6 Å². The van der Waals surface area contributed by atoms with E-state index in [1.807, 2.05) is 13.0 Å². The number of methoxy groups -OCH3 is 1. The van der Waals surface area contributed by atoms with Crippen molar-refractivity contribution in [2.45, 2.75) is 39.7 Å². The lowest BCUT2D eigenvalue weighted by Gasteiger charge is -2.14. The van der Waals surface area contributed by atoms with Gasteiger partial charge in [0.1, 0.15) is 17.4 Å². The van der Waals surface area contributed by atoms with Crippen LogP contribution in [0, 0.1) is 18.3 Å². The van der Waals surface area contributed by atoms with Crippen molar-refractivity contribution in [1.82, 2.24) is 14.0 Å². The largest absolute Gasteiger partial charge is 0.504 e. The van der Waals surface area contributed by atoms with Gasteiger partial charge in [-0.2, -0.15) is 10.3 Å². The Hall–Kier alpha value is -3.99. The number of nitriles is 1. The van der Waals surface area contributed by atoms with Gasteiger partial charge < -0.3 is 9.30 Å². The number of fused-ring (bicyclic) bond motifs is 2. The van der Waals surface area contributed by atoms with Gasteiger partial charge in [0, 0.05) is 18.8 Å². The fourth-order valence-electron chi connectivity index (χ4n) is 3.43. The maximum Gasteiger partial charge on any atom is 0.271 e. The molecule has 8 heteroatoms. The third-order valence-electron chi connectivity index (χ3n) is 4.99. The molecule has 0 aliphatic carbocycles. The number of amides is 1. The molecule has 0 spiro atoms. The first-order valence-electron chi connectivity index (χ1n) is 10.4. The highest BCUT2D eigenvalue weighted by Crippen LogP contribution is 2.13. The molecule has 0 fully saturated rings. The van der Waals surface area contributed by atoms with Crippen molar-refractivity contribution in [2.75, 3.05) is 7.11 Å². The predicted octanol–water partition coefficient (Wildman–Crippen LogP) is 3.16. The Bertz CT molecular complexity index is 1390. The maximum atomic E-state index is 13.2. The predicted molar refractivity (Wildman–Crippen MR) is 122 cm³/mol. The van der Waals surface area contributed by atoms with Crippen LogP contribution in [0.1, 0.15) is 37.3 Å². The number of pyridine rings is 2. The monoisotopic (exact) mass is 431 g/mol. The highest BCUT2D eigenvalue weighted by atomic mass is 16.5. The van der Waals surface area contributed by atoms with Crippen molar-refractivity contribution in [3.8, 4) is 6.07 Å². The van der Waals surface area contributed by atoms with Gasteiger partial charge in [-0.3, -0.25) is 14.0 Å². The van der Waals surface area contributed by atoms with Gasteiger partial charge in [-0.1, -0.05) is 31.9 Å². The molecule has 0 radical (unpaired) electrons. The highest BCUT2D eigenvalue weighted by molar-refractivity contribution is 5.89. The van der Waals surface area contributed by atoms with Gasteiger partial charge in [0.25, 0.3) is 11.5 Å². The third-order valence-corrected chi connectivity index (χ3v) is 4.99. The summed E-state index contributed by atoms with van der Waals surface area (Å²) in [6.07, 6.45) is 10.2. The fraction of sp³-hybridized carbons (Fsp3) is 0.292. The number of unbranched alkanes of at least 4 members (excludes halogenated alkanes) is 2. The Labute approximate surface area is 185 Å². The summed E-state index contributed by atoms with van der Waals surface area (Å²) in [5.74, 6) is -0.528. The lowest BCUT2D eigenvalue weighted by Crippen LogP contribution is -2.29. The molecule has 0 aliphatic rings. The molecule has 0 aliphatic heterocycles. The maximum absolute atomic E-state index is 13.2. The van der Waals surface area contributed by atoms with Crippen molar-refractivity contribution in [2.24, 2.45) is 4.99 Å². The fourth-order valence-corrected chi connectivity index (χ4v) is 3.43. The van der Waals surface area contributed by atoms with E-state index >= 15 is 0 Å². The summed E-state index contributed by atoms with van der Waals surface area (Å²) < 4.78 is 7.99. The molecular weight excluding hydrogens is 406 g/mol. The Kier molecular flexibility index (Phi) is 7.34. The van der Waals surface area contributed by atoms with E-state index in [4.69, 9.17) is 9.72 Å². The van der Waals surface area contributed by atoms with Crippen molar-refractivity contribution in [1.29, 1.82) is 5.26 Å². The smallest absolute Gasteiger partial charge is 0.271 e. The number of nitrogens with zero attached hydrogens (tertiary/aromatic N) is 5. The number of aromatic nitrogens is 3. The minimum atomic E-state index is -0.528. The summed E-state index contributed by atoms with van der Waals surface area (Å²) in [7, 11) is 1.50. The Morgan fingerprint density at radius 1 is 1.31 bits per heavy atom. The van der Waals surface area contributed by atoms with E-state index < -0.39 is 5.91 Å². The molecule has 164 valence electrons. The van der Waals surface area contributed by atoms with Crippen molar-refractivity contribution in [3.05, 3.63) is 75.9 Å². The first-order valence-corrected chi connectivity index (χ1v) is 10.4. The minimum Gasteiger partial charge on any atom is -0.504 e. The van der Waals surface area contributed by atoms with Crippen LogP contribution in [0.15, 0.2) is 58.7 Å². The molecule has 0 atom stereocenters. The summed E-state index contributed by atoms with van der Waals surface area (Å²) >= 11 is 0. The molecule has 3 aromatic rings. The lowest BCUT2D eigenvalue weighted by atomic mass is 10.2. The zero-order valence-corrected chi connectivity index (χ0v) is 18.4. The van der Waals surface area contributed by atoms with Gasteiger partial charge in [-0.25, -0.2) is 4.98 Å². The van der Waals surface area contributed by atoms with Crippen LogP contribution in [-0.4, -0.2) is 27.0 Å². The lowest BCUT2D eigenvalue weighted by molar-refractivity contribution is -0.113.